The second-order valence-corrected chi connectivity index (χ2v) is 11.1. The van der Waals surface area contributed by atoms with E-state index in [9.17, 15) is 14.8 Å². The number of aromatic nitrogens is 1. The van der Waals surface area contributed by atoms with Gasteiger partial charge in [0.1, 0.15) is 6.17 Å². The zero-order valence-corrected chi connectivity index (χ0v) is 20.8. The minimum Gasteiger partial charge on any atom is -0.595 e. The van der Waals surface area contributed by atoms with Crippen molar-refractivity contribution in [1.82, 2.24) is 20.1 Å². The smallest absolute Gasteiger partial charge is 0.253 e. The summed E-state index contributed by atoms with van der Waals surface area (Å²) in [5.41, 5.74) is 1.02. The summed E-state index contributed by atoms with van der Waals surface area (Å²) in [5, 5.41) is 25.0. The zero-order valence-electron chi connectivity index (χ0n) is 17.7. The number of likely N-dealkylation sites (tertiary alicyclic amines) is 1. The van der Waals surface area contributed by atoms with Crippen LogP contribution in [-0.2, 0) is 6.54 Å². The number of nitrogens with zero attached hydrogens (tertiary/aromatic N) is 2. The number of carbonyl (C=O) groups is 1. The average Bonchev–Trinajstić information content (AvgIpc) is 2.78. The van der Waals surface area contributed by atoms with Crippen LogP contribution in [0.1, 0.15) is 28.4 Å². The van der Waals surface area contributed by atoms with Gasteiger partial charge in [0, 0.05) is 55.0 Å². The summed E-state index contributed by atoms with van der Waals surface area (Å²) >= 11 is 23.9. The topological polar surface area (TPSA) is 114 Å². The van der Waals surface area contributed by atoms with Crippen LogP contribution in [0.4, 0.5) is 5.69 Å². The molecule has 0 radical (unpaired) electrons. The molecule has 34 heavy (non-hydrogen) atoms. The van der Waals surface area contributed by atoms with Crippen molar-refractivity contribution in [3.8, 4) is 0 Å². The van der Waals surface area contributed by atoms with Crippen LogP contribution in [0.15, 0.2) is 47.3 Å². The second kappa shape index (κ2) is 9.98. The van der Waals surface area contributed by atoms with Gasteiger partial charge < -0.3 is 25.3 Å². The fourth-order valence-electron chi connectivity index (χ4n) is 4.48. The third-order valence-electron chi connectivity index (χ3n) is 6.01. The number of nitrogens with one attached hydrogen (secondary N) is 3. The first kappa shape index (κ1) is 25.2. The lowest BCUT2D eigenvalue weighted by molar-refractivity contribution is -0.991. The van der Waals surface area contributed by atoms with Crippen molar-refractivity contribution in [3.63, 3.8) is 0 Å². The first-order chi connectivity index (χ1) is 16.0. The Morgan fingerprint density at radius 1 is 1.18 bits per heavy atom. The van der Waals surface area contributed by atoms with E-state index in [1.165, 1.54) is 24.3 Å². The average molecular weight is 547 g/mol. The highest BCUT2D eigenvalue weighted by atomic mass is 35.6. The van der Waals surface area contributed by atoms with Crippen molar-refractivity contribution in [3.05, 3.63) is 69.3 Å². The highest BCUT2D eigenvalue weighted by Gasteiger charge is 2.39. The summed E-state index contributed by atoms with van der Waals surface area (Å²) in [5.74, 6) is -0.273. The van der Waals surface area contributed by atoms with Gasteiger partial charge in [-0.1, -0.05) is 46.9 Å². The van der Waals surface area contributed by atoms with Crippen molar-refractivity contribution in [2.75, 3.05) is 13.1 Å². The monoisotopic (exact) mass is 545 g/mol. The molecule has 13 heteroatoms. The molecule has 182 valence electrons. The largest absolute Gasteiger partial charge is 0.595 e. The molecule has 1 saturated heterocycles. The number of alkyl halides is 3. The van der Waals surface area contributed by atoms with E-state index in [2.05, 4.69) is 10.6 Å². The third kappa shape index (κ3) is 5.49. The standard InChI is InChI=1S/C21H22Cl3N5O4S/c22-21(23,24)19(25-18(31)13-3-1-4-15(8-13)29(32)33)26-20(34)27-9-12-7-14(11-27)16-5-2-6-17(30)28(16)10-12/h1-6,8,12,14,19,29,32H,7,9-11H2,(H,25,31)(H,26,34). The van der Waals surface area contributed by atoms with Crippen molar-refractivity contribution >= 4 is 63.7 Å². The number of piperidine rings is 1. The van der Waals surface area contributed by atoms with Crippen LogP contribution >= 0.6 is 47.0 Å². The van der Waals surface area contributed by atoms with Gasteiger partial charge in [0.05, 0.1) is 0 Å². The summed E-state index contributed by atoms with van der Waals surface area (Å²) in [6.45, 7) is 1.80. The van der Waals surface area contributed by atoms with E-state index < -0.39 is 21.1 Å². The molecule has 0 saturated carbocycles. The predicted octanol–water partition coefficient (Wildman–Crippen LogP) is 1.67. The Labute approximate surface area is 215 Å². The number of quaternary nitrogens is 1. The van der Waals surface area contributed by atoms with Crippen molar-refractivity contribution < 1.29 is 15.2 Å². The molecule has 2 bridgehead atoms. The Morgan fingerprint density at radius 3 is 2.62 bits per heavy atom. The van der Waals surface area contributed by atoms with Gasteiger partial charge >= 0.3 is 0 Å². The summed E-state index contributed by atoms with van der Waals surface area (Å²) in [7, 11) is 0. The maximum atomic E-state index is 12.8. The molecule has 4 rings (SSSR count). The van der Waals surface area contributed by atoms with E-state index in [1.54, 1.807) is 12.1 Å². The number of amides is 1. The summed E-state index contributed by atoms with van der Waals surface area (Å²) < 4.78 is -0.127. The van der Waals surface area contributed by atoms with Crippen molar-refractivity contribution in [2.45, 2.75) is 28.8 Å². The number of rotatable bonds is 4. The van der Waals surface area contributed by atoms with Gasteiger partial charge in [-0.25, -0.2) is 5.21 Å². The Kier molecular flexibility index (Phi) is 7.39. The number of hydrogen-bond donors (Lipinski definition) is 4. The molecule has 1 amide bonds. The van der Waals surface area contributed by atoms with Gasteiger partial charge in [-0.15, -0.1) is 0 Å². The lowest BCUT2D eigenvalue weighted by Gasteiger charge is -2.44. The molecule has 4 atom stereocenters. The number of thiocarbonyl (C=S) groups is 1. The number of hydrogen-bond acceptors (Lipinski definition) is 5. The molecule has 3 heterocycles. The highest BCUT2D eigenvalue weighted by Crippen LogP contribution is 2.35. The van der Waals surface area contributed by atoms with Gasteiger partial charge in [-0.2, -0.15) is 5.23 Å². The zero-order chi connectivity index (χ0) is 24.6. The molecule has 2 aromatic rings. The normalized spacial score (nSPS) is 21.3. The first-order valence-corrected chi connectivity index (χ1v) is 12.0. The molecule has 2 aliphatic heterocycles. The maximum Gasteiger partial charge on any atom is 0.253 e. The van der Waals surface area contributed by atoms with Crippen LogP contribution in [0, 0.1) is 11.1 Å². The van der Waals surface area contributed by atoms with Gasteiger partial charge in [0.25, 0.3) is 11.5 Å². The first-order valence-electron chi connectivity index (χ1n) is 10.5. The van der Waals surface area contributed by atoms with E-state index in [1.807, 2.05) is 15.5 Å². The molecule has 9 nitrogen and oxygen atoms in total. The molecule has 4 N–H and O–H groups in total. The SMILES string of the molecule is O=C(NC(NC(=S)N1CC2CC(C1)c1cccc(=O)n1C2)C(Cl)(Cl)Cl)c1cccc([NH+]([O-])O)c1. The predicted molar refractivity (Wildman–Crippen MR) is 133 cm³/mol. The Balaban J connectivity index is 1.47. The molecule has 2 aliphatic rings. The quantitative estimate of drug-likeness (QED) is 0.200. The van der Waals surface area contributed by atoms with Gasteiger partial charge in [0.15, 0.2) is 10.8 Å². The molecule has 1 aromatic carbocycles. The number of fused-ring (bicyclic) bond motifs is 4. The van der Waals surface area contributed by atoms with E-state index in [4.69, 9.17) is 52.2 Å². The minimum atomic E-state index is -1.95. The second-order valence-electron chi connectivity index (χ2n) is 8.39. The van der Waals surface area contributed by atoms with Crippen LogP contribution in [0.3, 0.4) is 0 Å². The molecule has 1 fully saturated rings. The molecular formula is C21H22Cl3N5O4S. The van der Waals surface area contributed by atoms with Crippen LogP contribution in [0.5, 0.6) is 0 Å². The summed E-state index contributed by atoms with van der Waals surface area (Å²) in [6, 6.07) is 10.8. The maximum absolute atomic E-state index is 12.8. The van der Waals surface area contributed by atoms with Gasteiger partial charge in [-0.05, 0) is 36.7 Å². The summed E-state index contributed by atoms with van der Waals surface area (Å²) in [4.78, 5) is 26.9. The summed E-state index contributed by atoms with van der Waals surface area (Å²) in [6.07, 6.45) is -0.227. The Bertz CT molecular complexity index is 1160. The van der Waals surface area contributed by atoms with Crippen molar-refractivity contribution in [2.24, 2.45) is 5.92 Å². The van der Waals surface area contributed by atoms with E-state index in [0.29, 0.717) is 24.7 Å². The van der Waals surface area contributed by atoms with E-state index in [-0.39, 0.29) is 28.6 Å². The molecule has 0 aliphatic carbocycles. The number of benzene rings is 1. The van der Waals surface area contributed by atoms with Gasteiger partial charge in [-0.3, -0.25) is 9.59 Å². The molecule has 1 aromatic heterocycles. The molecular weight excluding hydrogens is 525 g/mol. The van der Waals surface area contributed by atoms with E-state index >= 15 is 0 Å². The fourth-order valence-corrected chi connectivity index (χ4v) is 5.08. The van der Waals surface area contributed by atoms with E-state index in [0.717, 1.165) is 12.1 Å². The van der Waals surface area contributed by atoms with Crippen LogP contribution in [0.2, 0.25) is 0 Å². The molecule has 4 unspecified atom stereocenters. The lowest BCUT2D eigenvalue weighted by atomic mass is 9.83. The van der Waals surface area contributed by atoms with Crippen LogP contribution in [-0.4, -0.2) is 48.7 Å². The molecule has 0 spiro atoms. The third-order valence-corrected chi connectivity index (χ3v) is 7.04. The van der Waals surface area contributed by atoms with Crippen LogP contribution in [0.25, 0.3) is 0 Å². The highest BCUT2D eigenvalue weighted by molar-refractivity contribution is 7.80. The number of halogens is 3. The minimum absolute atomic E-state index is 0.00713. The fraction of sp³-hybridized carbons (Fsp3) is 0.381. The van der Waals surface area contributed by atoms with Gasteiger partial charge in [0.2, 0.25) is 3.79 Å². The van der Waals surface area contributed by atoms with Crippen LogP contribution < -0.4 is 21.4 Å². The number of carbonyl (C=O) groups excluding carboxylic acids is 1. The lowest BCUT2D eigenvalue weighted by Crippen LogP contribution is -2.99. The Hall–Kier alpha value is -1.92. The number of pyridine rings is 1. The van der Waals surface area contributed by atoms with Crippen molar-refractivity contribution in [1.29, 1.82) is 0 Å². The Morgan fingerprint density at radius 2 is 1.91 bits per heavy atom.